The molecule has 12 heavy (non-hydrogen) atoms. The summed E-state index contributed by atoms with van der Waals surface area (Å²) in [5.41, 5.74) is 0.368. The van der Waals surface area contributed by atoms with Gasteiger partial charge in [-0.3, -0.25) is 0 Å². The van der Waals surface area contributed by atoms with Gasteiger partial charge in [-0.15, -0.1) is 0 Å². The number of aliphatic carboxylic acids is 1. The zero-order valence-corrected chi connectivity index (χ0v) is 7.46. The van der Waals surface area contributed by atoms with E-state index in [1.54, 1.807) is 25.1 Å². The van der Waals surface area contributed by atoms with Crippen molar-refractivity contribution in [3.05, 3.63) is 11.3 Å². The van der Waals surface area contributed by atoms with Gasteiger partial charge in [-0.1, -0.05) is 6.92 Å². The summed E-state index contributed by atoms with van der Waals surface area (Å²) in [4.78, 5) is 12.2. The lowest BCUT2D eigenvalue weighted by atomic mass is 10.2. The molecule has 0 saturated heterocycles. The van der Waals surface area contributed by atoms with Crippen LogP contribution >= 0.6 is 0 Å². The maximum absolute atomic E-state index is 10.5. The molecule has 0 spiro atoms. The standard InChI is InChI=1S/C8H12N2O2/c1-4-7(10(2)3)6(5-9)8(11)12/h4H2,1-3H3,(H,11,12). The topological polar surface area (TPSA) is 64.3 Å². The second-order valence-corrected chi connectivity index (χ2v) is 2.49. The van der Waals surface area contributed by atoms with Gasteiger partial charge in [0.2, 0.25) is 0 Å². The van der Waals surface area contributed by atoms with Crippen LogP contribution in [0, 0.1) is 11.3 Å². The Morgan fingerprint density at radius 2 is 2.08 bits per heavy atom. The minimum Gasteiger partial charge on any atom is -0.477 e. The molecule has 0 saturated carbocycles. The molecule has 0 aliphatic carbocycles. The van der Waals surface area contributed by atoms with Gasteiger partial charge < -0.3 is 10.0 Å². The number of rotatable bonds is 3. The number of carbonyl (C=O) groups is 1. The highest BCUT2D eigenvalue weighted by atomic mass is 16.4. The minimum atomic E-state index is -1.16. The van der Waals surface area contributed by atoms with E-state index in [4.69, 9.17) is 10.4 Å². The predicted octanol–water partition coefficient (Wildman–Crippen LogP) is 0.820. The number of nitrogens with zero attached hydrogens (tertiary/aromatic N) is 2. The van der Waals surface area contributed by atoms with Gasteiger partial charge in [-0.05, 0) is 6.42 Å². The summed E-state index contributed by atoms with van der Waals surface area (Å²) in [5, 5.41) is 17.1. The first kappa shape index (κ1) is 10.5. The summed E-state index contributed by atoms with van der Waals surface area (Å²) in [6.07, 6.45) is 0.544. The van der Waals surface area contributed by atoms with Crippen LogP contribution in [0.4, 0.5) is 0 Å². The second-order valence-electron chi connectivity index (χ2n) is 2.49. The molecule has 0 aliphatic rings. The fourth-order valence-corrected chi connectivity index (χ4v) is 0.952. The third-order valence-electron chi connectivity index (χ3n) is 1.49. The molecule has 0 bridgehead atoms. The van der Waals surface area contributed by atoms with Crippen LogP contribution in [0.2, 0.25) is 0 Å². The van der Waals surface area contributed by atoms with Gasteiger partial charge in [0.1, 0.15) is 6.07 Å². The summed E-state index contributed by atoms with van der Waals surface area (Å²) in [7, 11) is 3.44. The number of carboxylic acid groups (broad SMARTS) is 1. The van der Waals surface area contributed by atoms with Crippen molar-refractivity contribution in [3.8, 4) is 6.07 Å². The Balaban J connectivity index is 5.05. The van der Waals surface area contributed by atoms with Crippen molar-refractivity contribution in [2.24, 2.45) is 0 Å². The number of hydrogen-bond donors (Lipinski definition) is 1. The van der Waals surface area contributed by atoms with E-state index in [0.717, 1.165) is 0 Å². The average molecular weight is 168 g/mol. The van der Waals surface area contributed by atoms with E-state index in [1.165, 1.54) is 0 Å². The molecule has 66 valence electrons. The Hall–Kier alpha value is -1.50. The Morgan fingerprint density at radius 1 is 1.58 bits per heavy atom. The zero-order chi connectivity index (χ0) is 9.72. The Labute approximate surface area is 71.7 Å². The Morgan fingerprint density at radius 3 is 2.17 bits per heavy atom. The maximum Gasteiger partial charge on any atom is 0.348 e. The van der Waals surface area contributed by atoms with E-state index in [2.05, 4.69) is 0 Å². The lowest BCUT2D eigenvalue weighted by molar-refractivity contribution is -0.132. The van der Waals surface area contributed by atoms with Crippen LogP contribution in [0.5, 0.6) is 0 Å². The molecular formula is C8H12N2O2. The van der Waals surface area contributed by atoms with Crippen LogP contribution in [0.25, 0.3) is 0 Å². The van der Waals surface area contributed by atoms with Crippen LogP contribution in [-0.2, 0) is 4.79 Å². The molecule has 0 heterocycles. The van der Waals surface area contributed by atoms with E-state index < -0.39 is 5.97 Å². The van der Waals surface area contributed by atoms with Crippen LogP contribution in [-0.4, -0.2) is 30.1 Å². The first-order chi connectivity index (χ1) is 5.54. The number of nitriles is 1. The summed E-state index contributed by atoms with van der Waals surface area (Å²) in [5.74, 6) is -1.16. The first-order valence-electron chi connectivity index (χ1n) is 3.58. The molecule has 0 aromatic carbocycles. The third kappa shape index (κ3) is 2.27. The molecule has 1 N–H and O–H groups in total. The molecule has 0 unspecified atom stereocenters. The van der Waals surface area contributed by atoms with E-state index in [1.807, 2.05) is 6.92 Å². The summed E-state index contributed by atoms with van der Waals surface area (Å²) >= 11 is 0. The van der Waals surface area contributed by atoms with Crippen molar-refractivity contribution in [3.63, 3.8) is 0 Å². The molecule has 0 radical (unpaired) electrons. The van der Waals surface area contributed by atoms with E-state index in [9.17, 15) is 4.79 Å². The van der Waals surface area contributed by atoms with Gasteiger partial charge in [0.25, 0.3) is 0 Å². The molecule has 0 aliphatic heterocycles. The molecule has 4 nitrogen and oxygen atoms in total. The largest absolute Gasteiger partial charge is 0.477 e. The van der Waals surface area contributed by atoms with Crippen molar-refractivity contribution in [1.82, 2.24) is 4.90 Å². The fraction of sp³-hybridized carbons (Fsp3) is 0.500. The van der Waals surface area contributed by atoms with Gasteiger partial charge >= 0.3 is 5.97 Å². The molecule has 0 fully saturated rings. The normalized spacial score (nSPS) is 11.5. The second kappa shape index (κ2) is 4.39. The average Bonchev–Trinajstić information content (AvgIpc) is 1.98. The van der Waals surface area contributed by atoms with E-state index >= 15 is 0 Å². The smallest absolute Gasteiger partial charge is 0.348 e. The van der Waals surface area contributed by atoms with Crippen molar-refractivity contribution >= 4 is 5.97 Å². The predicted molar refractivity (Wildman–Crippen MR) is 44.3 cm³/mol. The molecule has 4 heteroatoms. The van der Waals surface area contributed by atoms with Crippen LogP contribution in [0.3, 0.4) is 0 Å². The van der Waals surface area contributed by atoms with Gasteiger partial charge in [0.15, 0.2) is 5.57 Å². The lowest BCUT2D eigenvalue weighted by Crippen LogP contribution is -2.16. The van der Waals surface area contributed by atoms with Crippen LogP contribution < -0.4 is 0 Å². The molecule has 0 atom stereocenters. The SMILES string of the molecule is CCC(=C(C#N)C(=O)O)N(C)C. The summed E-state index contributed by atoms with van der Waals surface area (Å²) in [6.45, 7) is 1.82. The number of allylic oxidation sites excluding steroid dienone is 1. The summed E-state index contributed by atoms with van der Waals surface area (Å²) < 4.78 is 0. The molecule has 0 aromatic rings. The quantitative estimate of drug-likeness (QED) is 0.500. The van der Waals surface area contributed by atoms with Gasteiger partial charge in [-0.2, -0.15) is 5.26 Å². The van der Waals surface area contributed by atoms with Gasteiger partial charge in [0, 0.05) is 19.8 Å². The van der Waals surface area contributed by atoms with E-state index in [0.29, 0.717) is 12.1 Å². The fourth-order valence-electron chi connectivity index (χ4n) is 0.952. The highest BCUT2D eigenvalue weighted by Crippen LogP contribution is 2.10. The van der Waals surface area contributed by atoms with Crippen molar-refractivity contribution in [1.29, 1.82) is 5.26 Å². The molecule has 0 aromatic heterocycles. The van der Waals surface area contributed by atoms with Crippen molar-refractivity contribution in [2.45, 2.75) is 13.3 Å². The maximum atomic E-state index is 10.5. The van der Waals surface area contributed by atoms with Crippen molar-refractivity contribution < 1.29 is 9.90 Å². The Kier molecular flexibility index (Phi) is 3.84. The van der Waals surface area contributed by atoms with Gasteiger partial charge in [0.05, 0.1) is 0 Å². The number of hydrogen-bond acceptors (Lipinski definition) is 3. The first-order valence-corrected chi connectivity index (χ1v) is 3.58. The lowest BCUT2D eigenvalue weighted by Gasteiger charge is -2.15. The highest BCUT2D eigenvalue weighted by Gasteiger charge is 2.13. The zero-order valence-electron chi connectivity index (χ0n) is 7.46. The van der Waals surface area contributed by atoms with Crippen LogP contribution in [0.1, 0.15) is 13.3 Å². The van der Waals surface area contributed by atoms with Crippen LogP contribution in [0.15, 0.2) is 11.3 Å². The monoisotopic (exact) mass is 168 g/mol. The van der Waals surface area contributed by atoms with Crippen molar-refractivity contribution in [2.75, 3.05) is 14.1 Å². The van der Waals surface area contributed by atoms with E-state index in [-0.39, 0.29) is 5.57 Å². The number of carboxylic acids is 1. The summed E-state index contributed by atoms with van der Waals surface area (Å²) in [6, 6.07) is 1.67. The Bertz CT molecular complexity index is 248. The molecular weight excluding hydrogens is 156 g/mol. The molecule has 0 amide bonds. The third-order valence-corrected chi connectivity index (χ3v) is 1.49. The van der Waals surface area contributed by atoms with Gasteiger partial charge in [-0.25, -0.2) is 4.79 Å². The molecule has 0 rings (SSSR count). The highest BCUT2D eigenvalue weighted by molar-refractivity contribution is 5.91. The minimum absolute atomic E-state index is 0.178.